The molecule has 0 atom stereocenters. The number of piperazine rings is 1. The molecule has 0 spiro atoms. The maximum Gasteiger partial charge on any atom is 0.252 e. The standard InChI is InChI=1S/C15H17FN4O/c16-13-3-1-2-12(8-13)10-19-4-6-20(7-5-19)14-9-15(21)18-11-17-14/h1-3,8-9,11H,4-7,10H2,(H,17,18,21). The normalized spacial score (nSPS) is 16.1. The van der Waals surface area contributed by atoms with Gasteiger partial charge in [-0.25, -0.2) is 9.37 Å². The van der Waals surface area contributed by atoms with Crippen LogP contribution in [0.25, 0.3) is 0 Å². The number of halogens is 1. The Bertz CT molecular complexity index is 664. The van der Waals surface area contributed by atoms with Gasteiger partial charge in [-0.3, -0.25) is 9.69 Å². The van der Waals surface area contributed by atoms with Crippen LogP contribution in [0.4, 0.5) is 10.2 Å². The molecule has 0 bridgehead atoms. The highest BCUT2D eigenvalue weighted by molar-refractivity contribution is 5.37. The van der Waals surface area contributed by atoms with E-state index in [2.05, 4.69) is 19.8 Å². The maximum atomic E-state index is 13.2. The van der Waals surface area contributed by atoms with E-state index in [1.807, 2.05) is 6.07 Å². The minimum absolute atomic E-state index is 0.137. The number of aromatic amines is 1. The molecular weight excluding hydrogens is 271 g/mol. The molecule has 110 valence electrons. The molecule has 1 aromatic heterocycles. The van der Waals surface area contributed by atoms with E-state index >= 15 is 0 Å². The number of hydrogen-bond donors (Lipinski definition) is 1. The molecule has 0 radical (unpaired) electrons. The van der Waals surface area contributed by atoms with Crippen molar-refractivity contribution in [2.24, 2.45) is 0 Å². The molecule has 5 nitrogen and oxygen atoms in total. The van der Waals surface area contributed by atoms with Gasteiger partial charge in [0, 0.05) is 38.8 Å². The Kier molecular flexibility index (Phi) is 3.96. The zero-order chi connectivity index (χ0) is 14.7. The highest BCUT2D eigenvalue weighted by Gasteiger charge is 2.18. The predicted molar refractivity (Wildman–Crippen MR) is 78.7 cm³/mol. The highest BCUT2D eigenvalue weighted by Crippen LogP contribution is 2.13. The van der Waals surface area contributed by atoms with Crippen molar-refractivity contribution in [3.05, 3.63) is 58.4 Å². The smallest absolute Gasteiger partial charge is 0.252 e. The lowest BCUT2D eigenvalue weighted by Gasteiger charge is -2.35. The number of H-pyrrole nitrogens is 1. The van der Waals surface area contributed by atoms with Gasteiger partial charge >= 0.3 is 0 Å². The van der Waals surface area contributed by atoms with E-state index in [1.54, 1.807) is 12.1 Å². The molecule has 0 unspecified atom stereocenters. The number of aromatic nitrogens is 2. The Morgan fingerprint density at radius 2 is 2.00 bits per heavy atom. The summed E-state index contributed by atoms with van der Waals surface area (Å²) in [4.78, 5) is 22.4. The van der Waals surface area contributed by atoms with Crippen LogP contribution in [0.15, 0.2) is 41.5 Å². The van der Waals surface area contributed by atoms with Crippen molar-refractivity contribution in [1.82, 2.24) is 14.9 Å². The lowest BCUT2D eigenvalue weighted by atomic mass is 10.2. The molecule has 2 heterocycles. The average Bonchev–Trinajstić information content (AvgIpc) is 2.48. The van der Waals surface area contributed by atoms with E-state index < -0.39 is 0 Å². The van der Waals surface area contributed by atoms with Crippen molar-refractivity contribution in [3.63, 3.8) is 0 Å². The Morgan fingerprint density at radius 3 is 2.71 bits per heavy atom. The molecule has 1 aromatic carbocycles. The number of anilines is 1. The first kappa shape index (κ1) is 13.8. The Labute approximate surface area is 122 Å². The maximum absolute atomic E-state index is 13.2. The summed E-state index contributed by atoms with van der Waals surface area (Å²) in [6, 6.07) is 8.22. The van der Waals surface area contributed by atoms with Crippen molar-refractivity contribution < 1.29 is 4.39 Å². The summed E-state index contributed by atoms with van der Waals surface area (Å²) in [5.74, 6) is 0.517. The molecule has 0 saturated carbocycles. The summed E-state index contributed by atoms with van der Waals surface area (Å²) < 4.78 is 13.2. The first-order valence-electron chi connectivity index (χ1n) is 6.97. The van der Waals surface area contributed by atoms with Crippen molar-refractivity contribution in [3.8, 4) is 0 Å². The molecule has 1 saturated heterocycles. The zero-order valence-electron chi connectivity index (χ0n) is 11.6. The van der Waals surface area contributed by atoms with Crippen molar-refractivity contribution in [2.75, 3.05) is 31.1 Å². The van der Waals surface area contributed by atoms with E-state index in [0.717, 1.165) is 38.3 Å². The Balaban J connectivity index is 1.59. The molecule has 0 amide bonds. The quantitative estimate of drug-likeness (QED) is 0.923. The van der Waals surface area contributed by atoms with Crippen molar-refractivity contribution in [1.29, 1.82) is 0 Å². The van der Waals surface area contributed by atoms with Gasteiger partial charge in [-0.15, -0.1) is 0 Å². The van der Waals surface area contributed by atoms with Crippen LogP contribution in [-0.2, 0) is 6.54 Å². The number of hydrogen-bond acceptors (Lipinski definition) is 4. The van der Waals surface area contributed by atoms with Crippen molar-refractivity contribution in [2.45, 2.75) is 6.54 Å². The Hall–Kier alpha value is -2.21. The molecule has 1 N–H and O–H groups in total. The molecule has 21 heavy (non-hydrogen) atoms. The molecule has 1 fully saturated rings. The van der Waals surface area contributed by atoms with Gasteiger partial charge in [-0.1, -0.05) is 12.1 Å². The van der Waals surface area contributed by atoms with Crippen LogP contribution >= 0.6 is 0 Å². The van der Waals surface area contributed by atoms with E-state index in [-0.39, 0.29) is 11.4 Å². The third kappa shape index (κ3) is 3.46. The topological polar surface area (TPSA) is 52.2 Å². The minimum Gasteiger partial charge on any atom is -0.354 e. The second-order valence-electron chi connectivity index (χ2n) is 5.16. The Morgan fingerprint density at radius 1 is 1.19 bits per heavy atom. The lowest BCUT2D eigenvalue weighted by molar-refractivity contribution is 0.249. The van der Waals surface area contributed by atoms with E-state index in [9.17, 15) is 9.18 Å². The van der Waals surface area contributed by atoms with Gasteiger partial charge in [-0.05, 0) is 17.7 Å². The van der Waals surface area contributed by atoms with Crippen LogP contribution in [0.5, 0.6) is 0 Å². The van der Waals surface area contributed by atoms with Crippen LogP contribution in [0, 0.1) is 5.82 Å². The molecule has 1 aliphatic heterocycles. The first-order chi connectivity index (χ1) is 10.2. The van der Waals surface area contributed by atoms with Crippen LogP contribution in [-0.4, -0.2) is 41.0 Å². The highest BCUT2D eigenvalue weighted by atomic mass is 19.1. The van der Waals surface area contributed by atoms with Gasteiger partial charge < -0.3 is 9.88 Å². The largest absolute Gasteiger partial charge is 0.354 e. The zero-order valence-corrected chi connectivity index (χ0v) is 11.6. The molecule has 0 aliphatic carbocycles. The molecule has 6 heteroatoms. The van der Waals surface area contributed by atoms with E-state index in [4.69, 9.17) is 0 Å². The number of nitrogens with zero attached hydrogens (tertiary/aromatic N) is 3. The predicted octanol–water partition coefficient (Wildman–Crippen LogP) is 1.23. The second-order valence-corrected chi connectivity index (χ2v) is 5.16. The number of nitrogens with one attached hydrogen (secondary N) is 1. The fourth-order valence-corrected chi connectivity index (χ4v) is 2.56. The number of benzene rings is 1. The van der Waals surface area contributed by atoms with Crippen molar-refractivity contribution >= 4 is 5.82 Å². The summed E-state index contributed by atoms with van der Waals surface area (Å²) in [7, 11) is 0. The van der Waals surface area contributed by atoms with Gasteiger partial charge in [0.05, 0.1) is 6.33 Å². The summed E-state index contributed by atoms with van der Waals surface area (Å²) in [6.45, 7) is 4.10. The van der Waals surface area contributed by atoms with Crippen LogP contribution < -0.4 is 10.5 Å². The summed E-state index contributed by atoms with van der Waals surface area (Å²) in [5.41, 5.74) is 0.847. The van der Waals surface area contributed by atoms with Crippen LogP contribution in [0.3, 0.4) is 0 Å². The average molecular weight is 288 g/mol. The monoisotopic (exact) mass is 288 g/mol. The number of rotatable bonds is 3. The summed E-state index contributed by atoms with van der Waals surface area (Å²) in [6.07, 6.45) is 1.43. The van der Waals surface area contributed by atoms with Gasteiger partial charge in [0.15, 0.2) is 0 Å². The summed E-state index contributed by atoms with van der Waals surface area (Å²) >= 11 is 0. The van der Waals surface area contributed by atoms with E-state index in [0.29, 0.717) is 5.82 Å². The van der Waals surface area contributed by atoms with Gasteiger partial charge in [0.2, 0.25) is 0 Å². The minimum atomic E-state index is -0.196. The first-order valence-corrected chi connectivity index (χ1v) is 6.97. The molecule has 3 rings (SSSR count). The van der Waals surface area contributed by atoms with Crippen LogP contribution in [0.2, 0.25) is 0 Å². The SMILES string of the molecule is O=c1cc(N2CCN(Cc3cccc(F)c3)CC2)nc[nH]1. The third-order valence-corrected chi connectivity index (χ3v) is 3.66. The molecular formula is C15H17FN4O. The molecule has 1 aliphatic rings. The molecule has 2 aromatic rings. The lowest BCUT2D eigenvalue weighted by Crippen LogP contribution is -2.46. The van der Waals surface area contributed by atoms with E-state index in [1.165, 1.54) is 18.5 Å². The van der Waals surface area contributed by atoms with Gasteiger partial charge in [-0.2, -0.15) is 0 Å². The summed E-state index contributed by atoms with van der Waals surface area (Å²) in [5, 5.41) is 0. The van der Waals surface area contributed by atoms with Gasteiger partial charge in [0.1, 0.15) is 11.6 Å². The second kappa shape index (κ2) is 6.05. The van der Waals surface area contributed by atoms with Gasteiger partial charge in [0.25, 0.3) is 5.56 Å². The third-order valence-electron chi connectivity index (χ3n) is 3.66. The van der Waals surface area contributed by atoms with Crippen LogP contribution in [0.1, 0.15) is 5.56 Å². The fraction of sp³-hybridized carbons (Fsp3) is 0.333. The fourth-order valence-electron chi connectivity index (χ4n) is 2.56.